The zero-order valence-corrected chi connectivity index (χ0v) is 13.9. The maximum Gasteiger partial charge on any atom is 0.188 e. The van der Waals surface area contributed by atoms with Crippen molar-refractivity contribution >= 4 is 5.96 Å². The van der Waals surface area contributed by atoms with Crippen LogP contribution in [-0.4, -0.2) is 55.8 Å². The van der Waals surface area contributed by atoms with Crippen molar-refractivity contribution in [1.29, 1.82) is 0 Å². The van der Waals surface area contributed by atoms with Crippen LogP contribution in [0.15, 0.2) is 4.99 Å². The van der Waals surface area contributed by atoms with Crippen LogP contribution in [0.25, 0.3) is 0 Å². The molecule has 0 aromatic rings. The monoisotopic (exact) mass is 308 g/mol. The average molecular weight is 308 g/mol. The molecular formula is C17H32N4O. The molecule has 0 amide bonds. The lowest BCUT2D eigenvalue weighted by Gasteiger charge is -2.47. The van der Waals surface area contributed by atoms with Crippen molar-refractivity contribution in [2.24, 2.45) is 16.6 Å². The van der Waals surface area contributed by atoms with Gasteiger partial charge >= 0.3 is 0 Å². The Hall–Kier alpha value is -0.810. The second-order valence-corrected chi connectivity index (χ2v) is 7.26. The third-order valence-electron chi connectivity index (χ3n) is 5.81. The first-order valence-electron chi connectivity index (χ1n) is 9.15. The second-order valence-electron chi connectivity index (χ2n) is 7.26. The number of nitrogens with zero attached hydrogens (tertiary/aromatic N) is 2. The van der Waals surface area contributed by atoms with Gasteiger partial charge in [-0.25, -0.2) is 0 Å². The molecule has 2 aliphatic carbocycles. The van der Waals surface area contributed by atoms with Gasteiger partial charge in [-0.2, -0.15) is 0 Å². The fraction of sp³-hybridized carbons (Fsp3) is 0.941. The van der Waals surface area contributed by atoms with Crippen molar-refractivity contribution in [1.82, 2.24) is 10.2 Å². The van der Waals surface area contributed by atoms with Gasteiger partial charge in [0.25, 0.3) is 0 Å². The first-order chi connectivity index (χ1) is 10.8. The molecule has 5 nitrogen and oxygen atoms in total. The van der Waals surface area contributed by atoms with E-state index in [1.165, 1.54) is 51.4 Å². The minimum absolute atomic E-state index is 0.227. The summed E-state index contributed by atoms with van der Waals surface area (Å²) in [5.74, 6) is 1.46. The van der Waals surface area contributed by atoms with E-state index in [0.717, 1.165) is 45.3 Å². The Morgan fingerprint density at radius 3 is 2.50 bits per heavy atom. The number of nitrogens with one attached hydrogen (secondary N) is 1. The average Bonchev–Trinajstić information content (AvgIpc) is 2.53. The van der Waals surface area contributed by atoms with Crippen LogP contribution in [0.2, 0.25) is 0 Å². The summed E-state index contributed by atoms with van der Waals surface area (Å²) >= 11 is 0. The van der Waals surface area contributed by atoms with Crippen LogP contribution in [0, 0.1) is 5.92 Å². The predicted molar refractivity (Wildman–Crippen MR) is 90.0 cm³/mol. The van der Waals surface area contributed by atoms with Crippen molar-refractivity contribution in [3.63, 3.8) is 0 Å². The van der Waals surface area contributed by atoms with Gasteiger partial charge in [0.1, 0.15) is 0 Å². The summed E-state index contributed by atoms with van der Waals surface area (Å²) in [5.41, 5.74) is 6.33. The second kappa shape index (κ2) is 7.64. The molecule has 22 heavy (non-hydrogen) atoms. The molecule has 0 aromatic carbocycles. The third kappa shape index (κ3) is 3.93. The van der Waals surface area contributed by atoms with E-state index in [0.29, 0.717) is 5.96 Å². The molecule has 3 rings (SSSR count). The molecule has 0 aromatic heterocycles. The van der Waals surface area contributed by atoms with Gasteiger partial charge in [0.05, 0.1) is 19.8 Å². The van der Waals surface area contributed by atoms with Gasteiger partial charge in [-0.05, 0) is 31.6 Å². The van der Waals surface area contributed by atoms with Gasteiger partial charge in [-0.1, -0.05) is 25.7 Å². The molecule has 1 heterocycles. The van der Waals surface area contributed by atoms with Gasteiger partial charge in [0, 0.05) is 25.2 Å². The highest BCUT2D eigenvalue weighted by atomic mass is 16.5. The summed E-state index contributed by atoms with van der Waals surface area (Å²) in [7, 11) is 0. The summed E-state index contributed by atoms with van der Waals surface area (Å²) in [6.07, 6.45) is 10.6. The van der Waals surface area contributed by atoms with Gasteiger partial charge < -0.3 is 15.8 Å². The SMILES string of the molecule is NC(=NCC1(N2CCOCC2)CCCCC1)NCC1CCC1. The molecule has 3 aliphatic rings. The Kier molecular flexibility index (Phi) is 5.58. The molecule has 5 heteroatoms. The van der Waals surface area contributed by atoms with Crippen molar-refractivity contribution in [2.75, 3.05) is 39.4 Å². The number of hydrogen-bond acceptors (Lipinski definition) is 3. The van der Waals surface area contributed by atoms with E-state index < -0.39 is 0 Å². The zero-order chi connectivity index (χ0) is 15.3. The first-order valence-corrected chi connectivity index (χ1v) is 9.15. The van der Waals surface area contributed by atoms with E-state index in [9.17, 15) is 0 Å². The molecule has 0 bridgehead atoms. The highest BCUT2D eigenvalue weighted by molar-refractivity contribution is 5.77. The lowest BCUT2D eigenvalue weighted by Crippen LogP contribution is -2.56. The summed E-state index contributed by atoms with van der Waals surface area (Å²) in [5, 5.41) is 3.33. The van der Waals surface area contributed by atoms with Gasteiger partial charge in [0.15, 0.2) is 5.96 Å². The molecule has 3 N–H and O–H groups in total. The molecule has 0 radical (unpaired) electrons. The molecule has 1 saturated heterocycles. The Morgan fingerprint density at radius 1 is 1.14 bits per heavy atom. The van der Waals surface area contributed by atoms with Crippen LogP contribution in [-0.2, 0) is 4.74 Å². The first kappa shape index (κ1) is 16.1. The molecule has 2 saturated carbocycles. The van der Waals surface area contributed by atoms with Crippen LogP contribution in [0.4, 0.5) is 0 Å². The maximum absolute atomic E-state index is 6.10. The minimum Gasteiger partial charge on any atom is -0.379 e. The molecule has 0 atom stereocenters. The Bertz CT molecular complexity index is 369. The molecule has 126 valence electrons. The molecule has 3 fully saturated rings. The van der Waals surface area contributed by atoms with Crippen LogP contribution in [0.5, 0.6) is 0 Å². The number of nitrogens with two attached hydrogens (primary N) is 1. The maximum atomic E-state index is 6.10. The lowest BCUT2D eigenvalue weighted by molar-refractivity contribution is -0.0333. The minimum atomic E-state index is 0.227. The fourth-order valence-corrected chi connectivity index (χ4v) is 4.06. The highest BCUT2D eigenvalue weighted by Crippen LogP contribution is 2.34. The summed E-state index contributed by atoms with van der Waals surface area (Å²) in [6.45, 7) is 5.66. The quantitative estimate of drug-likeness (QED) is 0.600. The number of guanidine groups is 1. The zero-order valence-electron chi connectivity index (χ0n) is 13.9. The fourth-order valence-electron chi connectivity index (χ4n) is 4.06. The topological polar surface area (TPSA) is 62.9 Å². The van der Waals surface area contributed by atoms with Crippen molar-refractivity contribution < 1.29 is 4.74 Å². The Morgan fingerprint density at radius 2 is 1.86 bits per heavy atom. The summed E-state index contributed by atoms with van der Waals surface area (Å²) in [6, 6.07) is 0. The number of rotatable bonds is 5. The molecule has 1 aliphatic heterocycles. The Balaban J connectivity index is 1.56. The van der Waals surface area contributed by atoms with Crippen molar-refractivity contribution in [3.05, 3.63) is 0 Å². The van der Waals surface area contributed by atoms with Crippen LogP contribution >= 0.6 is 0 Å². The van der Waals surface area contributed by atoms with Crippen LogP contribution in [0.1, 0.15) is 51.4 Å². The molecular weight excluding hydrogens is 276 g/mol. The van der Waals surface area contributed by atoms with Crippen molar-refractivity contribution in [2.45, 2.75) is 56.9 Å². The normalized spacial score (nSPS) is 27.4. The lowest BCUT2D eigenvalue weighted by atomic mass is 9.80. The largest absolute Gasteiger partial charge is 0.379 e. The number of hydrogen-bond donors (Lipinski definition) is 2. The van der Waals surface area contributed by atoms with Crippen molar-refractivity contribution in [3.8, 4) is 0 Å². The number of morpholine rings is 1. The number of aliphatic imine (C=N–C) groups is 1. The van der Waals surface area contributed by atoms with Gasteiger partial charge in [-0.3, -0.25) is 9.89 Å². The molecule has 0 spiro atoms. The van der Waals surface area contributed by atoms with Crippen LogP contribution in [0.3, 0.4) is 0 Å². The van der Waals surface area contributed by atoms with E-state index >= 15 is 0 Å². The van der Waals surface area contributed by atoms with E-state index in [1.54, 1.807) is 0 Å². The summed E-state index contributed by atoms with van der Waals surface area (Å²) < 4.78 is 5.53. The molecule has 0 unspecified atom stereocenters. The van der Waals surface area contributed by atoms with E-state index in [2.05, 4.69) is 10.2 Å². The predicted octanol–water partition coefficient (Wildman–Crippen LogP) is 1.73. The smallest absolute Gasteiger partial charge is 0.188 e. The number of ether oxygens (including phenoxy) is 1. The van der Waals surface area contributed by atoms with Crippen LogP contribution < -0.4 is 11.1 Å². The van der Waals surface area contributed by atoms with E-state index in [1.807, 2.05) is 0 Å². The standard InChI is InChI=1S/C17H32N4O/c18-16(19-13-15-5-4-6-15)20-14-17(7-2-1-3-8-17)21-9-11-22-12-10-21/h15H,1-14H2,(H3,18,19,20). The van der Waals surface area contributed by atoms with Gasteiger partial charge in [0.2, 0.25) is 0 Å². The van der Waals surface area contributed by atoms with E-state index in [-0.39, 0.29) is 5.54 Å². The highest BCUT2D eigenvalue weighted by Gasteiger charge is 2.38. The summed E-state index contributed by atoms with van der Waals surface area (Å²) in [4.78, 5) is 7.35. The third-order valence-corrected chi connectivity index (χ3v) is 5.81. The van der Waals surface area contributed by atoms with E-state index in [4.69, 9.17) is 15.5 Å². The van der Waals surface area contributed by atoms with Gasteiger partial charge in [-0.15, -0.1) is 0 Å². The Labute approximate surface area is 134 Å².